The lowest BCUT2D eigenvalue weighted by molar-refractivity contribution is 0.0714. The lowest BCUT2D eigenvalue weighted by Gasteiger charge is -2.35. The summed E-state index contributed by atoms with van der Waals surface area (Å²) in [5.74, 6) is 0.808. The van der Waals surface area contributed by atoms with E-state index in [0.717, 1.165) is 17.1 Å². The highest BCUT2D eigenvalue weighted by Gasteiger charge is 2.24. The number of hydrogen-bond donors (Lipinski definition) is 1. The lowest BCUT2D eigenvalue weighted by Crippen LogP contribution is -2.49. The molecule has 0 saturated carbocycles. The molecule has 29 heavy (non-hydrogen) atoms. The molecule has 4 rings (SSSR count). The fourth-order valence-corrected chi connectivity index (χ4v) is 3.33. The third-order valence-electron chi connectivity index (χ3n) is 5.02. The molecule has 0 aliphatic carbocycles. The summed E-state index contributed by atoms with van der Waals surface area (Å²) in [5.41, 5.74) is 2.35. The highest BCUT2D eigenvalue weighted by molar-refractivity contribution is 6.05. The number of rotatable bonds is 4. The summed E-state index contributed by atoms with van der Waals surface area (Å²) in [5, 5.41) is 2.95. The van der Waals surface area contributed by atoms with E-state index >= 15 is 0 Å². The maximum Gasteiger partial charge on any atom is 0.289 e. The van der Waals surface area contributed by atoms with Gasteiger partial charge in [0.05, 0.1) is 6.26 Å². The predicted octanol–water partition coefficient (Wildman–Crippen LogP) is 3.20. The molecule has 0 spiro atoms. The Morgan fingerprint density at radius 1 is 1.03 bits per heavy atom. The number of aromatic nitrogens is 1. The molecule has 2 aromatic heterocycles. The smallest absolute Gasteiger partial charge is 0.289 e. The van der Waals surface area contributed by atoms with Gasteiger partial charge in [-0.2, -0.15) is 0 Å². The molecule has 1 aromatic carbocycles. The van der Waals surface area contributed by atoms with Crippen molar-refractivity contribution in [1.82, 2.24) is 9.88 Å². The Morgan fingerprint density at radius 3 is 2.55 bits per heavy atom. The molecule has 1 aliphatic rings. The fourth-order valence-electron chi connectivity index (χ4n) is 3.33. The Labute approximate surface area is 169 Å². The molecular weight excluding hydrogens is 368 g/mol. The number of anilines is 2. The number of hydrogen-bond acceptors (Lipinski definition) is 5. The fraction of sp³-hybridized carbons (Fsp3) is 0.227. The Kier molecular flexibility index (Phi) is 5.29. The minimum absolute atomic E-state index is 0.103. The number of amides is 2. The normalized spacial score (nSPS) is 14.0. The van der Waals surface area contributed by atoms with Gasteiger partial charge in [0.1, 0.15) is 5.82 Å². The van der Waals surface area contributed by atoms with Gasteiger partial charge in [0.15, 0.2) is 5.76 Å². The molecule has 1 saturated heterocycles. The topological polar surface area (TPSA) is 78.7 Å². The Morgan fingerprint density at radius 2 is 1.83 bits per heavy atom. The molecule has 3 aromatic rings. The van der Waals surface area contributed by atoms with Crippen molar-refractivity contribution in [2.75, 3.05) is 36.4 Å². The molecule has 7 nitrogen and oxygen atoms in total. The van der Waals surface area contributed by atoms with Gasteiger partial charge in [0.25, 0.3) is 11.8 Å². The van der Waals surface area contributed by atoms with Crippen molar-refractivity contribution in [2.24, 2.45) is 0 Å². The van der Waals surface area contributed by atoms with Gasteiger partial charge in [-0.15, -0.1) is 0 Å². The largest absolute Gasteiger partial charge is 0.459 e. The SMILES string of the molecule is Cc1ccccc1NC(=O)c1ccnc(N2CCN(C(=O)c3ccco3)CC2)c1. The number of benzene rings is 1. The monoisotopic (exact) mass is 390 g/mol. The van der Waals surface area contributed by atoms with Crippen molar-refractivity contribution in [3.63, 3.8) is 0 Å². The van der Waals surface area contributed by atoms with E-state index < -0.39 is 0 Å². The van der Waals surface area contributed by atoms with Gasteiger partial charge >= 0.3 is 0 Å². The van der Waals surface area contributed by atoms with Crippen molar-refractivity contribution >= 4 is 23.3 Å². The van der Waals surface area contributed by atoms with Gasteiger partial charge in [0, 0.05) is 43.6 Å². The van der Waals surface area contributed by atoms with Crippen LogP contribution in [-0.4, -0.2) is 47.9 Å². The first kappa shape index (κ1) is 18.7. The summed E-state index contributed by atoms with van der Waals surface area (Å²) < 4.78 is 5.20. The van der Waals surface area contributed by atoms with E-state index in [0.29, 0.717) is 37.5 Å². The number of carbonyl (C=O) groups is 2. The second kappa shape index (κ2) is 8.18. The van der Waals surface area contributed by atoms with E-state index in [-0.39, 0.29) is 11.8 Å². The zero-order valence-electron chi connectivity index (χ0n) is 16.2. The number of nitrogens with zero attached hydrogens (tertiary/aromatic N) is 3. The number of pyridine rings is 1. The zero-order valence-corrected chi connectivity index (χ0v) is 16.2. The molecule has 1 aliphatic heterocycles. The van der Waals surface area contributed by atoms with Crippen LogP contribution in [0, 0.1) is 6.92 Å². The maximum atomic E-state index is 12.7. The van der Waals surface area contributed by atoms with Gasteiger partial charge < -0.3 is 19.5 Å². The molecule has 0 radical (unpaired) electrons. The van der Waals surface area contributed by atoms with Gasteiger partial charge in [-0.25, -0.2) is 4.98 Å². The summed E-state index contributed by atoms with van der Waals surface area (Å²) in [4.78, 5) is 33.3. The first-order valence-electron chi connectivity index (χ1n) is 9.52. The molecular formula is C22H22N4O3. The highest BCUT2D eigenvalue weighted by Crippen LogP contribution is 2.19. The van der Waals surface area contributed by atoms with Crippen LogP contribution < -0.4 is 10.2 Å². The molecule has 0 unspecified atom stereocenters. The molecule has 0 bridgehead atoms. The van der Waals surface area contributed by atoms with Gasteiger partial charge in [-0.05, 0) is 42.8 Å². The maximum absolute atomic E-state index is 12.7. The van der Waals surface area contributed by atoms with Crippen molar-refractivity contribution in [3.8, 4) is 0 Å². The van der Waals surface area contributed by atoms with Crippen LogP contribution in [0.3, 0.4) is 0 Å². The number of para-hydroxylation sites is 1. The van der Waals surface area contributed by atoms with Crippen molar-refractivity contribution in [3.05, 3.63) is 77.9 Å². The zero-order chi connectivity index (χ0) is 20.2. The van der Waals surface area contributed by atoms with Crippen LogP contribution in [0.2, 0.25) is 0 Å². The van der Waals surface area contributed by atoms with E-state index in [1.807, 2.05) is 31.2 Å². The minimum atomic E-state index is -0.172. The van der Waals surface area contributed by atoms with Gasteiger partial charge in [-0.1, -0.05) is 18.2 Å². The molecule has 2 amide bonds. The van der Waals surface area contributed by atoms with Crippen LogP contribution >= 0.6 is 0 Å². The molecule has 0 atom stereocenters. The van der Waals surface area contributed by atoms with E-state index in [2.05, 4.69) is 15.2 Å². The van der Waals surface area contributed by atoms with Crippen LogP contribution in [0.1, 0.15) is 26.5 Å². The standard InChI is InChI=1S/C22H22N4O3/c1-16-5-2-3-6-18(16)24-21(27)17-8-9-23-20(15-17)25-10-12-26(13-11-25)22(28)19-7-4-14-29-19/h2-9,14-15H,10-13H2,1H3,(H,24,27). The number of piperazine rings is 1. The summed E-state index contributed by atoms with van der Waals surface area (Å²) in [7, 11) is 0. The second-order valence-electron chi connectivity index (χ2n) is 6.93. The summed E-state index contributed by atoms with van der Waals surface area (Å²) in [6.07, 6.45) is 3.14. The number of furan rings is 1. The third kappa shape index (κ3) is 4.13. The number of aryl methyl sites for hydroxylation is 1. The van der Waals surface area contributed by atoms with Crippen LogP contribution in [-0.2, 0) is 0 Å². The van der Waals surface area contributed by atoms with E-state index in [4.69, 9.17) is 4.42 Å². The van der Waals surface area contributed by atoms with E-state index in [9.17, 15) is 9.59 Å². The van der Waals surface area contributed by atoms with Crippen molar-refractivity contribution < 1.29 is 14.0 Å². The molecule has 148 valence electrons. The number of nitrogens with one attached hydrogen (secondary N) is 1. The second-order valence-corrected chi connectivity index (χ2v) is 6.93. The van der Waals surface area contributed by atoms with E-state index in [1.165, 1.54) is 6.26 Å². The molecule has 3 heterocycles. The average molecular weight is 390 g/mol. The van der Waals surface area contributed by atoms with Gasteiger partial charge in [0.2, 0.25) is 0 Å². The molecule has 1 fully saturated rings. The first-order valence-corrected chi connectivity index (χ1v) is 9.52. The van der Waals surface area contributed by atoms with Crippen molar-refractivity contribution in [1.29, 1.82) is 0 Å². The van der Waals surface area contributed by atoms with Crippen LogP contribution in [0.4, 0.5) is 11.5 Å². The Hall–Kier alpha value is -3.61. The third-order valence-corrected chi connectivity index (χ3v) is 5.02. The summed E-state index contributed by atoms with van der Waals surface area (Å²) in [6, 6.07) is 14.5. The quantitative estimate of drug-likeness (QED) is 0.740. The van der Waals surface area contributed by atoms with Crippen LogP contribution in [0.5, 0.6) is 0 Å². The van der Waals surface area contributed by atoms with Crippen molar-refractivity contribution in [2.45, 2.75) is 6.92 Å². The minimum Gasteiger partial charge on any atom is -0.459 e. The number of carbonyl (C=O) groups excluding carboxylic acids is 2. The Bertz CT molecular complexity index is 1010. The first-order chi connectivity index (χ1) is 14.1. The predicted molar refractivity (Wildman–Crippen MR) is 110 cm³/mol. The average Bonchev–Trinajstić information content (AvgIpc) is 3.30. The van der Waals surface area contributed by atoms with E-state index in [1.54, 1.807) is 35.4 Å². The van der Waals surface area contributed by atoms with Crippen LogP contribution in [0.15, 0.2) is 65.4 Å². The summed E-state index contributed by atoms with van der Waals surface area (Å²) in [6.45, 7) is 4.38. The highest BCUT2D eigenvalue weighted by atomic mass is 16.3. The lowest BCUT2D eigenvalue weighted by atomic mass is 10.1. The molecule has 1 N–H and O–H groups in total. The van der Waals surface area contributed by atoms with Gasteiger partial charge in [-0.3, -0.25) is 9.59 Å². The molecule has 7 heteroatoms. The van der Waals surface area contributed by atoms with Crippen LogP contribution in [0.25, 0.3) is 0 Å². The summed E-state index contributed by atoms with van der Waals surface area (Å²) >= 11 is 0. The Balaban J connectivity index is 1.41.